The van der Waals surface area contributed by atoms with Gasteiger partial charge in [-0.15, -0.1) is 0 Å². The van der Waals surface area contributed by atoms with Crippen LogP contribution in [0.3, 0.4) is 0 Å². The monoisotopic (exact) mass is 207 g/mol. The Morgan fingerprint density at radius 3 is 2.60 bits per heavy atom. The zero-order valence-corrected chi connectivity index (χ0v) is 9.27. The highest BCUT2D eigenvalue weighted by Crippen LogP contribution is 2.16. The number of nitrogens with zero attached hydrogens (tertiary/aromatic N) is 3. The second-order valence-corrected chi connectivity index (χ2v) is 4.19. The molecule has 0 spiro atoms. The van der Waals surface area contributed by atoms with Crippen LogP contribution in [-0.4, -0.2) is 34.3 Å². The lowest BCUT2D eigenvalue weighted by atomic mass is 10.1. The quantitative estimate of drug-likeness (QED) is 0.748. The second-order valence-electron chi connectivity index (χ2n) is 4.19. The van der Waals surface area contributed by atoms with Crippen molar-refractivity contribution in [3.63, 3.8) is 0 Å². The molecule has 1 aliphatic heterocycles. The largest absolute Gasteiger partial charge is 0.391 e. The molecule has 0 amide bonds. The molecule has 2 rings (SSSR count). The van der Waals surface area contributed by atoms with Gasteiger partial charge in [-0.25, -0.2) is 9.97 Å². The summed E-state index contributed by atoms with van der Waals surface area (Å²) in [6.07, 6.45) is 1.67. The Labute approximate surface area is 90.0 Å². The summed E-state index contributed by atoms with van der Waals surface area (Å²) in [4.78, 5) is 10.9. The Morgan fingerprint density at radius 2 is 2.00 bits per heavy atom. The summed E-state index contributed by atoms with van der Waals surface area (Å²) in [6.45, 7) is 5.54. The lowest BCUT2D eigenvalue weighted by Crippen LogP contribution is -2.39. The van der Waals surface area contributed by atoms with Crippen molar-refractivity contribution in [3.05, 3.63) is 17.5 Å². The van der Waals surface area contributed by atoms with E-state index in [1.807, 2.05) is 19.9 Å². The molecular weight excluding hydrogens is 190 g/mol. The topological polar surface area (TPSA) is 49.2 Å². The van der Waals surface area contributed by atoms with E-state index in [1.54, 1.807) is 0 Å². The summed E-state index contributed by atoms with van der Waals surface area (Å²) in [6, 6.07) is 1.96. The predicted molar refractivity (Wildman–Crippen MR) is 59.0 cm³/mol. The van der Waals surface area contributed by atoms with E-state index in [9.17, 15) is 5.11 Å². The smallest absolute Gasteiger partial charge is 0.225 e. The van der Waals surface area contributed by atoms with E-state index >= 15 is 0 Å². The fourth-order valence-corrected chi connectivity index (χ4v) is 1.99. The highest BCUT2D eigenvalue weighted by molar-refractivity contribution is 5.32. The first kappa shape index (κ1) is 10.4. The molecule has 1 aromatic heterocycles. The molecule has 4 nitrogen and oxygen atoms in total. The van der Waals surface area contributed by atoms with E-state index in [0.29, 0.717) is 6.54 Å². The third kappa shape index (κ3) is 2.45. The molecule has 2 heterocycles. The van der Waals surface area contributed by atoms with E-state index in [2.05, 4.69) is 14.9 Å². The number of piperidine rings is 1. The lowest BCUT2D eigenvalue weighted by molar-refractivity contribution is 0.153. The molecule has 0 radical (unpaired) electrons. The zero-order valence-electron chi connectivity index (χ0n) is 9.27. The summed E-state index contributed by atoms with van der Waals surface area (Å²) in [7, 11) is 0. The molecule has 15 heavy (non-hydrogen) atoms. The fraction of sp³-hybridized carbons (Fsp3) is 0.636. The Bertz CT molecular complexity index is 333. The van der Waals surface area contributed by atoms with Crippen LogP contribution in [0.25, 0.3) is 0 Å². The van der Waals surface area contributed by atoms with Gasteiger partial charge >= 0.3 is 0 Å². The van der Waals surface area contributed by atoms with E-state index in [-0.39, 0.29) is 6.10 Å². The van der Waals surface area contributed by atoms with Crippen molar-refractivity contribution in [2.75, 3.05) is 18.0 Å². The SMILES string of the molecule is Cc1cc(C)nc(N2CCC[C@@H](O)C2)n1. The van der Waals surface area contributed by atoms with E-state index < -0.39 is 0 Å². The average molecular weight is 207 g/mol. The maximum Gasteiger partial charge on any atom is 0.225 e. The number of β-amino-alcohol motifs (C(OH)–C–C–N with tert-alkyl or cyclic N) is 1. The van der Waals surface area contributed by atoms with Crippen molar-refractivity contribution in [2.24, 2.45) is 0 Å². The first-order valence-corrected chi connectivity index (χ1v) is 5.40. The molecular formula is C11H17N3O. The number of aliphatic hydroxyl groups is 1. The molecule has 0 aliphatic carbocycles. The first-order valence-electron chi connectivity index (χ1n) is 5.40. The standard InChI is InChI=1S/C11H17N3O/c1-8-6-9(2)13-11(12-8)14-5-3-4-10(15)7-14/h6,10,15H,3-5,7H2,1-2H3/t10-/m1/s1. The Hall–Kier alpha value is -1.16. The average Bonchev–Trinajstić information content (AvgIpc) is 2.16. The van der Waals surface area contributed by atoms with Gasteiger partial charge in [-0.3, -0.25) is 0 Å². The molecule has 1 atom stereocenters. The van der Waals surface area contributed by atoms with Crippen LogP contribution in [0.5, 0.6) is 0 Å². The van der Waals surface area contributed by atoms with Gasteiger partial charge in [0, 0.05) is 24.5 Å². The summed E-state index contributed by atoms with van der Waals surface area (Å²) in [5, 5.41) is 9.58. The molecule has 1 fully saturated rings. The van der Waals surface area contributed by atoms with Crippen LogP contribution < -0.4 is 4.90 Å². The van der Waals surface area contributed by atoms with Crippen molar-refractivity contribution in [2.45, 2.75) is 32.8 Å². The highest BCUT2D eigenvalue weighted by atomic mass is 16.3. The van der Waals surface area contributed by atoms with Gasteiger partial charge < -0.3 is 10.0 Å². The number of aromatic nitrogens is 2. The van der Waals surface area contributed by atoms with Crippen molar-refractivity contribution in [3.8, 4) is 0 Å². The molecule has 4 heteroatoms. The molecule has 1 aliphatic rings. The predicted octanol–water partition coefficient (Wildman–Crippen LogP) is 1.05. The molecule has 0 bridgehead atoms. The first-order chi connectivity index (χ1) is 7.15. The summed E-state index contributed by atoms with van der Waals surface area (Å²) >= 11 is 0. The van der Waals surface area contributed by atoms with Gasteiger partial charge in [0.25, 0.3) is 0 Å². The van der Waals surface area contributed by atoms with Crippen LogP contribution in [0.2, 0.25) is 0 Å². The number of aliphatic hydroxyl groups excluding tert-OH is 1. The van der Waals surface area contributed by atoms with Gasteiger partial charge in [0.15, 0.2) is 0 Å². The number of aryl methyl sites for hydroxylation is 2. The lowest BCUT2D eigenvalue weighted by Gasteiger charge is -2.30. The van der Waals surface area contributed by atoms with E-state index in [0.717, 1.165) is 36.7 Å². The maximum absolute atomic E-state index is 9.58. The van der Waals surface area contributed by atoms with Gasteiger partial charge in [0.2, 0.25) is 5.95 Å². The van der Waals surface area contributed by atoms with Crippen LogP contribution in [-0.2, 0) is 0 Å². The minimum absolute atomic E-state index is 0.233. The summed E-state index contributed by atoms with van der Waals surface area (Å²) in [5.41, 5.74) is 1.97. The molecule has 0 unspecified atom stereocenters. The van der Waals surface area contributed by atoms with Crippen LogP contribution in [0.1, 0.15) is 24.2 Å². The van der Waals surface area contributed by atoms with E-state index in [1.165, 1.54) is 0 Å². The van der Waals surface area contributed by atoms with Crippen LogP contribution in [0, 0.1) is 13.8 Å². The summed E-state index contributed by atoms with van der Waals surface area (Å²) in [5.74, 6) is 0.756. The number of rotatable bonds is 1. The van der Waals surface area contributed by atoms with Crippen LogP contribution in [0.15, 0.2) is 6.07 Å². The van der Waals surface area contributed by atoms with Crippen LogP contribution >= 0.6 is 0 Å². The Morgan fingerprint density at radius 1 is 1.33 bits per heavy atom. The van der Waals surface area contributed by atoms with Crippen LogP contribution in [0.4, 0.5) is 5.95 Å². The minimum Gasteiger partial charge on any atom is -0.391 e. The molecule has 1 N–H and O–H groups in total. The zero-order chi connectivity index (χ0) is 10.8. The number of hydrogen-bond acceptors (Lipinski definition) is 4. The molecule has 82 valence electrons. The number of hydrogen-bond donors (Lipinski definition) is 1. The third-order valence-electron chi connectivity index (χ3n) is 2.65. The van der Waals surface area contributed by atoms with Crippen molar-refractivity contribution in [1.82, 2.24) is 9.97 Å². The van der Waals surface area contributed by atoms with Gasteiger partial charge in [-0.2, -0.15) is 0 Å². The van der Waals surface area contributed by atoms with Gasteiger partial charge in [0.1, 0.15) is 0 Å². The van der Waals surface area contributed by atoms with Crippen molar-refractivity contribution < 1.29 is 5.11 Å². The highest BCUT2D eigenvalue weighted by Gasteiger charge is 2.19. The molecule has 0 aromatic carbocycles. The minimum atomic E-state index is -0.233. The fourth-order valence-electron chi connectivity index (χ4n) is 1.99. The van der Waals surface area contributed by atoms with Gasteiger partial charge in [0.05, 0.1) is 6.10 Å². The second kappa shape index (κ2) is 4.14. The molecule has 0 saturated carbocycles. The van der Waals surface area contributed by atoms with Crippen molar-refractivity contribution in [1.29, 1.82) is 0 Å². The third-order valence-corrected chi connectivity index (χ3v) is 2.65. The summed E-state index contributed by atoms with van der Waals surface area (Å²) < 4.78 is 0. The van der Waals surface area contributed by atoms with Gasteiger partial charge in [-0.1, -0.05) is 0 Å². The number of anilines is 1. The van der Waals surface area contributed by atoms with Crippen molar-refractivity contribution >= 4 is 5.95 Å². The maximum atomic E-state index is 9.58. The van der Waals surface area contributed by atoms with Gasteiger partial charge in [-0.05, 0) is 32.8 Å². The Kier molecular flexibility index (Phi) is 2.86. The molecule has 1 saturated heterocycles. The van der Waals surface area contributed by atoms with E-state index in [4.69, 9.17) is 0 Å². The Balaban J connectivity index is 2.20. The molecule has 1 aromatic rings. The normalized spacial score (nSPS) is 21.8.